The molecule has 1 aliphatic heterocycles. The number of hydrogen-bond donors (Lipinski definition) is 1. The van der Waals surface area contributed by atoms with E-state index in [9.17, 15) is 13.6 Å². The average molecular weight is 429 g/mol. The molecule has 1 aliphatic rings. The molecule has 5 nitrogen and oxygen atoms in total. The van der Waals surface area contributed by atoms with Crippen molar-refractivity contribution in [3.8, 4) is 0 Å². The van der Waals surface area contributed by atoms with E-state index in [-0.39, 0.29) is 17.9 Å². The Balaban J connectivity index is 1.49. The van der Waals surface area contributed by atoms with Crippen LogP contribution in [0.4, 0.5) is 8.78 Å². The summed E-state index contributed by atoms with van der Waals surface area (Å²) in [5.74, 6) is -1.74. The number of pyridine rings is 1. The van der Waals surface area contributed by atoms with E-state index in [1.807, 2.05) is 5.38 Å². The largest absolute Gasteiger partial charge is 0.341 e. The highest BCUT2D eigenvalue weighted by Crippen LogP contribution is 2.32. The maximum absolute atomic E-state index is 13.6. The number of carbonyl (C=O) groups excluding carboxylic acids is 1. The Morgan fingerprint density at radius 3 is 2.83 bits per heavy atom. The predicted octanol–water partition coefficient (Wildman–Crippen LogP) is 4.20. The van der Waals surface area contributed by atoms with Gasteiger partial charge in [-0.1, -0.05) is 12.1 Å². The minimum Gasteiger partial charge on any atom is -0.341 e. The molecule has 0 bridgehead atoms. The lowest BCUT2D eigenvalue weighted by molar-refractivity contribution is 0.0873. The number of likely N-dealkylation sites (tertiary alicyclic amines) is 1. The normalized spacial score (nSPS) is 18.1. The molecule has 156 valence electrons. The number of piperidine rings is 1. The van der Waals surface area contributed by atoms with Gasteiger partial charge in [-0.25, -0.2) is 13.8 Å². The third kappa shape index (κ3) is 4.88. The Morgan fingerprint density at radius 1 is 1.20 bits per heavy atom. The van der Waals surface area contributed by atoms with Gasteiger partial charge in [-0.2, -0.15) is 0 Å². The van der Waals surface area contributed by atoms with E-state index in [0.29, 0.717) is 12.2 Å². The molecule has 3 aromatic rings. The topological polar surface area (TPSA) is 58.1 Å². The Kier molecular flexibility index (Phi) is 6.44. The summed E-state index contributed by atoms with van der Waals surface area (Å²) in [6.07, 6.45) is 5.23. The fraction of sp³-hybridized carbons (Fsp3) is 0.318. The average Bonchev–Trinajstić information content (AvgIpc) is 3.30. The highest BCUT2D eigenvalue weighted by molar-refractivity contribution is 7.09. The second kappa shape index (κ2) is 9.40. The SMILES string of the molecule is O=C(N[C@@H](c1nccs1)[C@H]1CCCN(Cc2ccc(F)c(F)c2)C1)c1ccccn1. The molecule has 0 radical (unpaired) electrons. The summed E-state index contributed by atoms with van der Waals surface area (Å²) in [6, 6.07) is 9.04. The molecule has 4 rings (SSSR count). The molecule has 0 aliphatic carbocycles. The van der Waals surface area contributed by atoms with Crippen LogP contribution in [0.2, 0.25) is 0 Å². The quantitative estimate of drug-likeness (QED) is 0.639. The first-order valence-electron chi connectivity index (χ1n) is 9.87. The molecule has 1 aromatic carbocycles. The highest BCUT2D eigenvalue weighted by Gasteiger charge is 2.31. The van der Waals surface area contributed by atoms with Gasteiger partial charge in [0, 0.05) is 30.9 Å². The molecule has 0 spiro atoms. The molecule has 8 heteroatoms. The van der Waals surface area contributed by atoms with E-state index < -0.39 is 11.6 Å². The maximum Gasteiger partial charge on any atom is 0.270 e. The lowest BCUT2D eigenvalue weighted by atomic mass is 9.90. The number of halogens is 2. The third-order valence-electron chi connectivity index (χ3n) is 5.31. The van der Waals surface area contributed by atoms with Gasteiger partial charge in [-0.3, -0.25) is 14.7 Å². The summed E-state index contributed by atoms with van der Waals surface area (Å²) in [6.45, 7) is 2.13. The van der Waals surface area contributed by atoms with E-state index in [0.717, 1.165) is 42.6 Å². The van der Waals surface area contributed by atoms with Crippen molar-refractivity contribution in [1.82, 2.24) is 20.2 Å². The van der Waals surface area contributed by atoms with Gasteiger partial charge in [0.25, 0.3) is 5.91 Å². The van der Waals surface area contributed by atoms with Crippen LogP contribution in [0.25, 0.3) is 0 Å². The summed E-state index contributed by atoms with van der Waals surface area (Å²) < 4.78 is 26.8. The zero-order chi connectivity index (χ0) is 20.9. The fourth-order valence-corrected chi connectivity index (χ4v) is 4.67. The molecule has 3 heterocycles. The van der Waals surface area contributed by atoms with Crippen LogP contribution in [0.3, 0.4) is 0 Å². The molecule has 2 atom stereocenters. The summed E-state index contributed by atoms with van der Waals surface area (Å²) in [5, 5.41) is 5.88. The molecule has 1 fully saturated rings. The van der Waals surface area contributed by atoms with Crippen LogP contribution in [0.15, 0.2) is 54.2 Å². The van der Waals surface area contributed by atoms with E-state index in [1.165, 1.54) is 17.4 Å². The number of benzene rings is 1. The lowest BCUT2D eigenvalue weighted by Gasteiger charge is -2.36. The molecule has 1 saturated heterocycles. The number of hydrogen-bond acceptors (Lipinski definition) is 5. The standard InChI is InChI=1S/C22H22F2N4OS/c23-17-7-6-15(12-18(17)24)13-28-10-3-4-16(14-28)20(22-26-9-11-30-22)27-21(29)19-5-1-2-8-25-19/h1-2,5-9,11-12,16,20H,3-4,10,13-14H2,(H,27,29)/t16-,20+/m0/s1. The number of nitrogens with one attached hydrogen (secondary N) is 1. The summed E-state index contributed by atoms with van der Waals surface area (Å²) in [4.78, 5) is 23.5. The number of aromatic nitrogens is 2. The summed E-state index contributed by atoms with van der Waals surface area (Å²) >= 11 is 1.51. The van der Waals surface area contributed by atoms with Crippen LogP contribution >= 0.6 is 11.3 Å². The Hall–Kier alpha value is -2.71. The van der Waals surface area contributed by atoms with Gasteiger partial charge in [0.2, 0.25) is 0 Å². The lowest BCUT2D eigenvalue weighted by Crippen LogP contribution is -2.42. The van der Waals surface area contributed by atoms with Crippen LogP contribution in [0, 0.1) is 17.6 Å². The van der Waals surface area contributed by atoms with Gasteiger partial charge in [-0.15, -0.1) is 11.3 Å². The first-order chi connectivity index (χ1) is 14.6. The monoisotopic (exact) mass is 428 g/mol. The second-order valence-electron chi connectivity index (χ2n) is 7.42. The van der Waals surface area contributed by atoms with Crippen LogP contribution in [-0.4, -0.2) is 33.9 Å². The van der Waals surface area contributed by atoms with Crippen molar-refractivity contribution in [3.05, 3.63) is 82.1 Å². The van der Waals surface area contributed by atoms with Crippen molar-refractivity contribution in [3.63, 3.8) is 0 Å². The van der Waals surface area contributed by atoms with Gasteiger partial charge in [0.1, 0.15) is 10.7 Å². The molecular formula is C22H22F2N4OS. The predicted molar refractivity (Wildman–Crippen MR) is 111 cm³/mol. The summed E-state index contributed by atoms with van der Waals surface area (Å²) in [5.41, 5.74) is 1.10. The zero-order valence-corrected chi connectivity index (χ0v) is 17.1. The molecule has 0 unspecified atom stereocenters. The van der Waals surface area contributed by atoms with E-state index in [1.54, 1.807) is 36.7 Å². The minimum atomic E-state index is -0.837. The zero-order valence-electron chi connectivity index (χ0n) is 16.3. The van der Waals surface area contributed by atoms with Gasteiger partial charge in [0.05, 0.1) is 6.04 Å². The molecule has 0 saturated carbocycles. The fourth-order valence-electron chi connectivity index (χ4n) is 3.88. The number of carbonyl (C=O) groups is 1. The van der Waals surface area contributed by atoms with Gasteiger partial charge in [-0.05, 0) is 55.1 Å². The molecule has 1 amide bonds. The Bertz CT molecular complexity index is 984. The third-order valence-corrected chi connectivity index (χ3v) is 6.16. The summed E-state index contributed by atoms with van der Waals surface area (Å²) in [7, 11) is 0. The van der Waals surface area contributed by atoms with Crippen molar-refractivity contribution >= 4 is 17.2 Å². The van der Waals surface area contributed by atoms with Crippen molar-refractivity contribution in [1.29, 1.82) is 0 Å². The van der Waals surface area contributed by atoms with Crippen molar-refractivity contribution in [2.75, 3.05) is 13.1 Å². The van der Waals surface area contributed by atoms with E-state index >= 15 is 0 Å². The minimum absolute atomic E-state index is 0.155. The van der Waals surface area contributed by atoms with Crippen molar-refractivity contribution < 1.29 is 13.6 Å². The Labute approximate surface area is 177 Å². The van der Waals surface area contributed by atoms with Crippen LogP contribution in [0.5, 0.6) is 0 Å². The van der Waals surface area contributed by atoms with Crippen LogP contribution in [0.1, 0.15) is 39.9 Å². The molecule has 1 N–H and O–H groups in total. The van der Waals surface area contributed by atoms with Gasteiger partial charge < -0.3 is 5.32 Å². The van der Waals surface area contributed by atoms with Gasteiger partial charge in [0.15, 0.2) is 11.6 Å². The van der Waals surface area contributed by atoms with Crippen molar-refractivity contribution in [2.45, 2.75) is 25.4 Å². The van der Waals surface area contributed by atoms with Gasteiger partial charge >= 0.3 is 0 Å². The first kappa shape index (κ1) is 20.6. The maximum atomic E-state index is 13.6. The highest BCUT2D eigenvalue weighted by atomic mass is 32.1. The van der Waals surface area contributed by atoms with E-state index in [4.69, 9.17) is 0 Å². The Morgan fingerprint density at radius 2 is 2.10 bits per heavy atom. The van der Waals surface area contributed by atoms with Crippen LogP contribution in [-0.2, 0) is 6.54 Å². The van der Waals surface area contributed by atoms with E-state index in [2.05, 4.69) is 20.2 Å². The molecular weight excluding hydrogens is 406 g/mol. The molecule has 30 heavy (non-hydrogen) atoms. The number of thiazole rings is 1. The number of rotatable bonds is 6. The smallest absolute Gasteiger partial charge is 0.270 e. The van der Waals surface area contributed by atoms with Crippen molar-refractivity contribution in [2.24, 2.45) is 5.92 Å². The second-order valence-corrected chi connectivity index (χ2v) is 8.35. The molecule has 2 aromatic heterocycles. The number of amides is 1. The van der Waals surface area contributed by atoms with Crippen LogP contribution < -0.4 is 5.32 Å². The first-order valence-corrected chi connectivity index (χ1v) is 10.8. The number of nitrogens with zero attached hydrogens (tertiary/aromatic N) is 3.